The summed E-state index contributed by atoms with van der Waals surface area (Å²) >= 11 is 0. The molecule has 1 aliphatic rings. The number of nitrogens with zero attached hydrogens (tertiary/aromatic N) is 3. The summed E-state index contributed by atoms with van der Waals surface area (Å²) in [6, 6.07) is 13.4. The summed E-state index contributed by atoms with van der Waals surface area (Å²) in [7, 11) is 0. The van der Waals surface area contributed by atoms with Crippen LogP contribution in [0, 0.1) is 0 Å². The first-order chi connectivity index (χ1) is 19.1. The molecule has 0 saturated carbocycles. The van der Waals surface area contributed by atoms with Crippen molar-refractivity contribution in [1.82, 2.24) is 19.9 Å². The molecule has 10 nitrogen and oxygen atoms in total. The topological polar surface area (TPSA) is 146 Å². The third-order valence-corrected chi connectivity index (χ3v) is 6.61. The van der Waals surface area contributed by atoms with Crippen LogP contribution in [-0.2, 0) is 6.18 Å². The van der Waals surface area contributed by atoms with Gasteiger partial charge in [-0.2, -0.15) is 13.2 Å². The number of hydrogen-bond acceptors (Lipinski definition) is 6. The summed E-state index contributed by atoms with van der Waals surface area (Å²) in [4.78, 5) is 50.4. The largest absolute Gasteiger partial charge is 0.417 e. The van der Waals surface area contributed by atoms with E-state index in [4.69, 9.17) is 5.73 Å². The van der Waals surface area contributed by atoms with Crippen LogP contribution in [0.2, 0.25) is 0 Å². The Hall–Kier alpha value is -4.94. The fourth-order valence-corrected chi connectivity index (χ4v) is 4.53. The molecule has 1 saturated heterocycles. The van der Waals surface area contributed by atoms with Gasteiger partial charge in [0.1, 0.15) is 11.3 Å². The Morgan fingerprint density at radius 1 is 1.00 bits per heavy atom. The maximum Gasteiger partial charge on any atom is 0.417 e. The molecule has 3 heterocycles. The van der Waals surface area contributed by atoms with Gasteiger partial charge in [-0.05, 0) is 55.3 Å². The highest BCUT2D eigenvalue weighted by molar-refractivity contribution is 6.07. The van der Waals surface area contributed by atoms with Crippen LogP contribution >= 0.6 is 0 Å². The molecular formula is C27H24F3N7O3. The van der Waals surface area contributed by atoms with Crippen LogP contribution in [-0.4, -0.2) is 56.7 Å². The zero-order valence-electron chi connectivity index (χ0n) is 21.0. The first-order valence-corrected chi connectivity index (χ1v) is 12.4. The van der Waals surface area contributed by atoms with E-state index in [-0.39, 0.29) is 29.0 Å². The van der Waals surface area contributed by atoms with Gasteiger partial charge in [-0.1, -0.05) is 12.1 Å². The van der Waals surface area contributed by atoms with Gasteiger partial charge in [0.05, 0.1) is 16.6 Å². The number of anilines is 2. The number of imidazole rings is 1. The maximum absolute atomic E-state index is 13.1. The first kappa shape index (κ1) is 26.7. The van der Waals surface area contributed by atoms with Crippen LogP contribution in [0.4, 0.5) is 24.9 Å². The average molecular weight is 552 g/mol. The number of aromatic nitrogens is 3. The number of nitrogens with two attached hydrogens (primary N) is 1. The van der Waals surface area contributed by atoms with Crippen LogP contribution in [0.1, 0.15) is 49.5 Å². The number of piperidine rings is 1. The molecule has 0 bridgehead atoms. The zero-order valence-corrected chi connectivity index (χ0v) is 21.0. The highest BCUT2D eigenvalue weighted by Crippen LogP contribution is 2.29. The van der Waals surface area contributed by atoms with Crippen molar-refractivity contribution in [3.8, 4) is 0 Å². The molecule has 2 aromatic heterocycles. The quantitative estimate of drug-likeness (QED) is 0.285. The number of carbonyl (C=O) groups is 3. The second-order valence-corrected chi connectivity index (χ2v) is 9.33. The Morgan fingerprint density at radius 2 is 1.73 bits per heavy atom. The van der Waals surface area contributed by atoms with Gasteiger partial charge >= 0.3 is 6.18 Å². The minimum Gasteiger partial charge on any atom is -0.367 e. The average Bonchev–Trinajstić information content (AvgIpc) is 3.35. The number of para-hydroxylation sites is 1. The van der Waals surface area contributed by atoms with Crippen molar-refractivity contribution < 1.29 is 27.6 Å². The number of likely N-dealkylation sites (tertiary alicyclic amines) is 1. The van der Waals surface area contributed by atoms with Gasteiger partial charge in [-0.25, -0.2) is 9.97 Å². The SMILES string of the molecule is NC(=O)c1cccc2[nH]c(NC(=O)c3cccc(C(=O)N4CCC(Nc5ccc(C(F)(F)F)cn5)CC4)c3)nc12. The number of alkyl halides is 3. The number of aromatic amines is 1. The van der Waals surface area contributed by atoms with Crippen molar-refractivity contribution in [3.63, 3.8) is 0 Å². The van der Waals surface area contributed by atoms with Gasteiger partial charge in [0.2, 0.25) is 5.95 Å². The van der Waals surface area contributed by atoms with Gasteiger partial charge in [0.15, 0.2) is 0 Å². The smallest absolute Gasteiger partial charge is 0.367 e. The molecule has 1 fully saturated rings. The normalized spacial score (nSPS) is 14.2. The zero-order chi connectivity index (χ0) is 28.4. The number of hydrogen-bond donors (Lipinski definition) is 4. The van der Waals surface area contributed by atoms with E-state index in [0.717, 1.165) is 12.3 Å². The van der Waals surface area contributed by atoms with Crippen LogP contribution in [0.15, 0.2) is 60.8 Å². The summed E-state index contributed by atoms with van der Waals surface area (Å²) < 4.78 is 38.2. The lowest BCUT2D eigenvalue weighted by Gasteiger charge is -2.32. The van der Waals surface area contributed by atoms with Crippen LogP contribution in [0.3, 0.4) is 0 Å². The summed E-state index contributed by atoms with van der Waals surface area (Å²) in [5.41, 5.74) is 6.24. The number of fused-ring (bicyclic) bond motifs is 1. The number of rotatable bonds is 6. The standard InChI is InChI=1S/C27H24F3N7O3/c28-27(29,30)17-7-8-21(32-14-17)33-18-9-11-37(12-10-18)25(40)16-4-1-3-15(13-16)24(39)36-26-34-20-6-2-5-19(23(31)38)22(20)35-26/h1-8,13-14,18H,9-12H2,(H2,31,38)(H,32,33)(H2,34,35,36,39). The minimum absolute atomic E-state index is 0.0516. The van der Waals surface area contributed by atoms with Gasteiger partial charge in [-0.15, -0.1) is 0 Å². The summed E-state index contributed by atoms with van der Waals surface area (Å²) in [5, 5.41) is 5.76. The number of H-pyrrole nitrogens is 1. The molecule has 5 N–H and O–H groups in total. The van der Waals surface area contributed by atoms with Crippen molar-refractivity contribution in [2.24, 2.45) is 5.73 Å². The molecule has 206 valence electrons. The van der Waals surface area contributed by atoms with E-state index in [0.29, 0.717) is 48.3 Å². The monoisotopic (exact) mass is 551 g/mol. The predicted octanol–water partition coefficient (Wildman–Crippen LogP) is 4.04. The Labute approximate surface area is 225 Å². The van der Waals surface area contributed by atoms with Gasteiger partial charge in [0.25, 0.3) is 17.7 Å². The van der Waals surface area contributed by atoms with Crippen molar-refractivity contribution in [2.75, 3.05) is 23.7 Å². The van der Waals surface area contributed by atoms with E-state index in [9.17, 15) is 27.6 Å². The lowest BCUT2D eigenvalue weighted by Crippen LogP contribution is -2.42. The second kappa shape index (κ2) is 10.7. The fourth-order valence-electron chi connectivity index (χ4n) is 4.53. The van der Waals surface area contributed by atoms with E-state index in [1.807, 2.05) is 0 Å². The molecule has 1 aliphatic heterocycles. The maximum atomic E-state index is 13.1. The number of primary amides is 1. The summed E-state index contributed by atoms with van der Waals surface area (Å²) in [6.07, 6.45) is -2.50. The number of carbonyl (C=O) groups excluding carboxylic acids is 3. The van der Waals surface area contributed by atoms with Crippen molar-refractivity contribution in [1.29, 1.82) is 0 Å². The molecular weight excluding hydrogens is 527 g/mol. The lowest BCUT2D eigenvalue weighted by atomic mass is 10.0. The van der Waals surface area contributed by atoms with Crippen LogP contribution < -0.4 is 16.4 Å². The lowest BCUT2D eigenvalue weighted by molar-refractivity contribution is -0.137. The minimum atomic E-state index is -4.45. The number of benzene rings is 2. The molecule has 40 heavy (non-hydrogen) atoms. The van der Waals surface area contributed by atoms with E-state index in [1.54, 1.807) is 35.2 Å². The summed E-state index contributed by atoms with van der Waals surface area (Å²) in [6.45, 7) is 0.851. The Balaban J connectivity index is 1.19. The third kappa shape index (κ3) is 5.72. The van der Waals surface area contributed by atoms with Crippen molar-refractivity contribution >= 4 is 40.5 Å². The molecule has 0 radical (unpaired) electrons. The van der Waals surface area contributed by atoms with Crippen LogP contribution in [0.5, 0.6) is 0 Å². The van der Waals surface area contributed by atoms with E-state index in [1.165, 1.54) is 18.2 Å². The number of amides is 3. The molecule has 0 spiro atoms. The van der Waals surface area contributed by atoms with Crippen molar-refractivity contribution in [2.45, 2.75) is 25.1 Å². The van der Waals surface area contributed by atoms with E-state index >= 15 is 0 Å². The third-order valence-electron chi connectivity index (χ3n) is 6.61. The summed E-state index contributed by atoms with van der Waals surface area (Å²) in [5.74, 6) is -0.913. The Morgan fingerprint density at radius 3 is 2.40 bits per heavy atom. The molecule has 0 atom stereocenters. The van der Waals surface area contributed by atoms with E-state index in [2.05, 4.69) is 25.6 Å². The second-order valence-electron chi connectivity index (χ2n) is 9.33. The van der Waals surface area contributed by atoms with Gasteiger partial charge in [-0.3, -0.25) is 19.7 Å². The Bertz CT molecular complexity index is 1580. The van der Waals surface area contributed by atoms with Crippen molar-refractivity contribution in [3.05, 3.63) is 83.0 Å². The Kier molecular flexibility index (Phi) is 7.11. The highest BCUT2D eigenvalue weighted by atomic mass is 19.4. The molecule has 3 amide bonds. The molecule has 0 aliphatic carbocycles. The fraction of sp³-hybridized carbons (Fsp3) is 0.222. The predicted molar refractivity (Wildman–Crippen MR) is 141 cm³/mol. The molecule has 4 aromatic rings. The van der Waals surface area contributed by atoms with Gasteiger partial charge < -0.3 is 20.9 Å². The number of pyridine rings is 1. The molecule has 13 heteroatoms. The molecule has 5 rings (SSSR count). The van der Waals surface area contributed by atoms with Crippen LogP contribution in [0.25, 0.3) is 11.0 Å². The van der Waals surface area contributed by atoms with Gasteiger partial charge in [0, 0.05) is 36.5 Å². The molecule has 0 unspecified atom stereocenters. The molecule has 2 aromatic carbocycles. The highest BCUT2D eigenvalue weighted by Gasteiger charge is 2.31. The number of halogens is 3. The number of nitrogens with one attached hydrogen (secondary N) is 3. The first-order valence-electron chi connectivity index (χ1n) is 12.4. The van der Waals surface area contributed by atoms with E-state index < -0.39 is 23.6 Å².